The van der Waals surface area contributed by atoms with Crippen LogP contribution in [0, 0.1) is 46.7 Å². The van der Waals surface area contributed by atoms with Gasteiger partial charge in [0.25, 0.3) is 0 Å². The highest BCUT2D eigenvalue weighted by atomic mass is 19.1. The Kier molecular flexibility index (Phi) is 4.99. The number of aromatic nitrogens is 3. The van der Waals surface area contributed by atoms with Gasteiger partial charge in [-0.25, -0.2) is 4.39 Å². The number of benzene rings is 1. The van der Waals surface area contributed by atoms with Crippen LogP contribution in [0.2, 0.25) is 0 Å². The van der Waals surface area contributed by atoms with Crippen molar-refractivity contribution in [1.29, 1.82) is 0 Å². The zero-order valence-electron chi connectivity index (χ0n) is 19.8. The monoisotopic (exact) mass is 453 g/mol. The minimum atomic E-state index is -0.473. The van der Waals surface area contributed by atoms with Crippen LogP contribution in [0.3, 0.4) is 0 Å². The van der Waals surface area contributed by atoms with E-state index in [1.807, 2.05) is 6.92 Å². The SMILES string of the molecule is C[C@@]1(O)CC[C@H]2[C@H](CCC3[C@@H]2CC[C@]2(C)[C@@H](C(=O)Cn4nc5ccc(F)cc5n4)CC[C@@H]32)C1. The van der Waals surface area contributed by atoms with Crippen LogP contribution in [0.15, 0.2) is 18.2 Å². The first kappa shape index (κ1) is 21.7. The number of rotatable bonds is 3. The summed E-state index contributed by atoms with van der Waals surface area (Å²) in [6, 6.07) is 4.37. The summed E-state index contributed by atoms with van der Waals surface area (Å²) in [6.07, 6.45) is 10.1. The van der Waals surface area contributed by atoms with Crippen LogP contribution in [-0.2, 0) is 11.3 Å². The second-order valence-electron chi connectivity index (χ2n) is 12.2. The average molecular weight is 454 g/mol. The Morgan fingerprint density at radius 3 is 2.67 bits per heavy atom. The molecule has 4 saturated carbocycles. The Morgan fingerprint density at radius 2 is 1.82 bits per heavy atom. The van der Waals surface area contributed by atoms with Crippen LogP contribution >= 0.6 is 0 Å². The van der Waals surface area contributed by atoms with E-state index < -0.39 is 5.60 Å². The molecule has 0 bridgehead atoms. The fourth-order valence-corrected chi connectivity index (χ4v) is 8.86. The molecule has 0 spiro atoms. The van der Waals surface area contributed by atoms with E-state index in [1.54, 1.807) is 6.07 Å². The first-order valence-electron chi connectivity index (χ1n) is 13.0. The highest BCUT2D eigenvalue weighted by Crippen LogP contribution is 2.64. The fourth-order valence-electron chi connectivity index (χ4n) is 8.86. The molecule has 0 radical (unpaired) electrons. The number of ketones is 1. The van der Waals surface area contributed by atoms with E-state index in [1.165, 1.54) is 42.6 Å². The molecule has 5 nitrogen and oxygen atoms in total. The summed E-state index contributed by atoms with van der Waals surface area (Å²) in [5.74, 6) is 3.57. The van der Waals surface area contributed by atoms with Crippen molar-refractivity contribution < 1.29 is 14.3 Å². The molecule has 1 aromatic carbocycles. The quantitative estimate of drug-likeness (QED) is 0.697. The first-order chi connectivity index (χ1) is 15.7. The molecule has 0 saturated heterocycles. The molecule has 4 aliphatic carbocycles. The third-order valence-corrected chi connectivity index (χ3v) is 10.3. The lowest BCUT2D eigenvalue weighted by atomic mass is 9.49. The maximum atomic E-state index is 13.5. The van der Waals surface area contributed by atoms with Crippen molar-refractivity contribution in [2.75, 3.05) is 0 Å². The molecule has 1 heterocycles. The number of nitrogens with zero attached hydrogens (tertiary/aromatic N) is 3. The maximum Gasteiger partial charge on any atom is 0.159 e. The zero-order valence-corrected chi connectivity index (χ0v) is 19.8. The molecular weight excluding hydrogens is 417 g/mol. The van der Waals surface area contributed by atoms with Crippen molar-refractivity contribution in [2.24, 2.45) is 40.9 Å². The first-order valence-corrected chi connectivity index (χ1v) is 13.0. The van der Waals surface area contributed by atoms with Crippen molar-refractivity contribution in [2.45, 2.75) is 83.8 Å². The Bertz CT molecular complexity index is 1080. The molecule has 0 amide bonds. The lowest BCUT2D eigenvalue weighted by Crippen LogP contribution is -2.51. The summed E-state index contributed by atoms with van der Waals surface area (Å²) >= 11 is 0. The fraction of sp³-hybridized carbons (Fsp3) is 0.741. The van der Waals surface area contributed by atoms with Gasteiger partial charge < -0.3 is 5.11 Å². The summed E-state index contributed by atoms with van der Waals surface area (Å²) < 4.78 is 13.5. The molecule has 33 heavy (non-hydrogen) atoms. The minimum absolute atomic E-state index is 0.0686. The van der Waals surface area contributed by atoms with E-state index in [2.05, 4.69) is 17.1 Å². The van der Waals surface area contributed by atoms with Gasteiger partial charge in [-0.2, -0.15) is 15.0 Å². The van der Waals surface area contributed by atoms with Gasteiger partial charge in [-0.15, -0.1) is 0 Å². The second-order valence-corrected chi connectivity index (χ2v) is 12.2. The molecule has 4 aliphatic rings. The molecule has 1 N–H and O–H groups in total. The van der Waals surface area contributed by atoms with Crippen molar-refractivity contribution in [3.8, 4) is 0 Å². The van der Waals surface area contributed by atoms with Gasteiger partial charge in [-0.05, 0) is 112 Å². The molecule has 2 aromatic rings. The van der Waals surface area contributed by atoms with Crippen molar-refractivity contribution >= 4 is 16.8 Å². The Morgan fingerprint density at radius 1 is 1.03 bits per heavy atom. The normalized spacial score (nSPS) is 42.5. The van der Waals surface area contributed by atoms with Crippen molar-refractivity contribution in [3.63, 3.8) is 0 Å². The molecule has 4 fully saturated rings. The Hall–Kier alpha value is -1.82. The van der Waals surface area contributed by atoms with Gasteiger partial charge in [0, 0.05) is 12.0 Å². The number of fused-ring (bicyclic) bond motifs is 6. The number of Topliss-reactive ketones (excluding diaryl/α,β-unsaturated/α-hetero) is 1. The standard InChI is InChI=1S/C27H36FN3O2/c1-26(33)11-9-18-16(14-26)3-5-20-19(18)10-12-27(2)21(20)6-7-22(27)25(32)15-31-29-23-8-4-17(28)13-24(23)30-31/h4,8,13,16,18-22,33H,3,5-7,9-12,14-15H2,1-2H3/t16-,18+,19-,20?,21+,22-,26-,27+/m1/s1. The van der Waals surface area contributed by atoms with Gasteiger partial charge in [0.05, 0.1) is 5.60 Å². The number of carbonyl (C=O) groups is 1. The molecule has 6 heteroatoms. The van der Waals surface area contributed by atoms with Crippen LogP contribution in [0.1, 0.15) is 71.6 Å². The smallest absolute Gasteiger partial charge is 0.159 e. The van der Waals surface area contributed by atoms with E-state index in [0.717, 1.165) is 49.9 Å². The van der Waals surface area contributed by atoms with Crippen LogP contribution in [0.25, 0.3) is 11.0 Å². The number of hydrogen-bond acceptors (Lipinski definition) is 4. The van der Waals surface area contributed by atoms with Crippen LogP contribution in [0.4, 0.5) is 4.39 Å². The summed E-state index contributed by atoms with van der Waals surface area (Å²) in [7, 11) is 0. The van der Waals surface area contributed by atoms with Crippen LogP contribution < -0.4 is 0 Å². The molecule has 1 unspecified atom stereocenters. The molecule has 0 aliphatic heterocycles. The molecule has 178 valence electrons. The molecule has 1 aromatic heterocycles. The number of hydrogen-bond donors (Lipinski definition) is 1. The highest BCUT2D eigenvalue weighted by molar-refractivity contribution is 5.82. The van der Waals surface area contributed by atoms with Gasteiger partial charge in [0.15, 0.2) is 5.78 Å². The zero-order chi connectivity index (χ0) is 23.0. The average Bonchev–Trinajstić information content (AvgIpc) is 3.32. The molecular formula is C27H36FN3O2. The number of carbonyl (C=O) groups excluding carboxylic acids is 1. The Labute approximate surface area is 195 Å². The Balaban J connectivity index is 1.18. The summed E-state index contributed by atoms with van der Waals surface area (Å²) in [6.45, 7) is 4.58. The number of aliphatic hydroxyl groups is 1. The largest absolute Gasteiger partial charge is 0.390 e. The van der Waals surface area contributed by atoms with Gasteiger partial charge in [0.1, 0.15) is 23.4 Å². The summed E-state index contributed by atoms with van der Waals surface area (Å²) in [5, 5.41) is 19.4. The third-order valence-electron chi connectivity index (χ3n) is 10.3. The maximum absolute atomic E-state index is 13.5. The van der Waals surface area contributed by atoms with Gasteiger partial charge >= 0.3 is 0 Å². The lowest BCUT2D eigenvalue weighted by Gasteiger charge is -2.56. The van der Waals surface area contributed by atoms with Crippen molar-refractivity contribution in [3.05, 3.63) is 24.0 Å². The number of halogens is 1. The molecule has 6 rings (SSSR count). The van der Waals surface area contributed by atoms with Crippen LogP contribution in [0.5, 0.6) is 0 Å². The van der Waals surface area contributed by atoms with E-state index >= 15 is 0 Å². The predicted molar refractivity (Wildman–Crippen MR) is 124 cm³/mol. The summed E-state index contributed by atoms with van der Waals surface area (Å²) in [5.41, 5.74) is 0.730. The summed E-state index contributed by atoms with van der Waals surface area (Å²) in [4.78, 5) is 14.9. The van der Waals surface area contributed by atoms with E-state index in [0.29, 0.717) is 22.9 Å². The second kappa shape index (κ2) is 7.59. The van der Waals surface area contributed by atoms with E-state index in [9.17, 15) is 14.3 Å². The lowest BCUT2D eigenvalue weighted by molar-refractivity contribution is -0.133. The third kappa shape index (κ3) is 3.55. The van der Waals surface area contributed by atoms with E-state index in [4.69, 9.17) is 0 Å². The minimum Gasteiger partial charge on any atom is -0.390 e. The van der Waals surface area contributed by atoms with Gasteiger partial charge in [-0.3, -0.25) is 4.79 Å². The molecule has 8 atom stereocenters. The predicted octanol–water partition coefficient (Wildman–Crippen LogP) is 5.16. The van der Waals surface area contributed by atoms with Crippen molar-refractivity contribution in [1.82, 2.24) is 15.0 Å². The van der Waals surface area contributed by atoms with Gasteiger partial charge in [0.2, 0.25) is 0 Å². The topological polar surface area (TPSA) is 68.0 Å². The highest BCUT2D eigenvalue weighted by Gasteiger charge is 2.58. The van der Waals surface area contributed by atoms with Gasteiger partial charge in [-0.1, -0.05) is 6.92 Å². The van der Waals surface area contributed by atoms with Crippen LogP contribution in [-0.4, -0.2) is 31.5 Å². The van der Waals surface area contributed by atoms with E-state index in [-0.39, 0.29) is 29.5 Å².